The van der Waals surface area contributed by atoms with Crippen LogP contribution < -0.4 is 21.7 Å². The molecule has 1 aliphatic rings. The van der Waals surface area contributed by atoms with Crippen molar-refractivity contribution in [1.82, 2.24) is 10.3 Å². The number of anilines is 2. The average molecular weight is 283 g/mol. The smallest absolute Gasteiger partial charge is 0.265 e. The molecule has 0 aliphatic carbocycles. The number of hydrogen-bond acceptors (Lipinski definition) is 6. The number of carbonyl (C=O) groups excluding carboxylic acids is 1. The summed E-state index contributed by atoms with van der Waals surface area (Å²) < 4.78 is 0. The van der Waals surface area contributed by atoms with Crippen LogP contribution in [0.25, 0.3) is 0 Å². The highest BCUT2D eigenvalue weighted by atomic mass is 32.1. The zero-order valence-corrected chi connectivity index (χ0v) is 12.0. The number of aromatic nitrogens is 1. The Morgan fingerprint density at radius 3 is 2.84 bits per heavy atom. The summed E-state index contributed by atoms with van der Waals surface area (Å²) in [5.74, 6) is 0.195. The van der Waals surface area contributed by atoms with E-state index in [0.717, 1.165) is 37.5 Å². The van der Waals surface area contributed by atoms with Gasteiger partial charge < -0.3 is 21.7 Å². The molecular weight excluding hydrogens is 262 g/mol. The van der Waals surface area contributed by atoms with Gasteiger partial charge in [0.15, 0.2) is 5.13 Å². The molecule has 0 bridgehead atoms. The summed E-state index contributed by atoms with van der Waals surface area (Å²) >= 11 is 1.36. The maximum atomic E-state index is 11.9. The third-order valence-electron chi connectivity index (χ3n) is 3.19. The van der Waals surface area contributed by atoms with E-state index in [1.807, 2.05) is 6.92 Å². The van der Waals surface area contributed by atoms with Crippen LogP contribution in [0, 0.1) is 0 Å². The maximum Gasteiger partial charge on any atom is 0.265 e. The number of nitrogens with one attached hydrogen (secondary N) is 1. The Bertz CT molecular complexity index is 439. The van der Waals surface area contributed by atoms with E-state index < -0.39 is 0 Å². The Labute approximate surface area is 117 Å². The van der Waals surface area contributed by atoms with E-state index in [4.69, 9.17) is 11.5 Å². The Hall–Kier alpha value is -1.34. The van der Waals surface area contributed by atoms with E-state index in [9.17, 15) is 4.79 Å². The minimum Gasteiger partial charge on any atom is -0.382 e. The second-order valence-electron chi connectivity index (χ2n) is 4.79. The molecule has 1 amide bonds. The summed E-state index contributed by atoms with van der Waals surface area (Å²) in [5.41, 5.74) is 11.7. The van der Waals surface area contributed by atoms with E-state index >= 15 is 0 Å². The molecular formula is C12H21N5OS. The Kier molecular flexibility index (Phi) is 4.60. The molecule has 19 heavy (non-hydrogen) atoms. The van der Waals surface area contributed by atoms with Crippen molar-refractivity contribution >= 4 is 28.2 Å². The standard InChI is InChI=1S/C12H21N5OS/c1-2-5-15-11(18)9-10(14)16-12(19-9)17-6-3-8(13)4-7-17/h8H,2-7,13-14H2,1H3,(H,15,18). The molecule has 0 spiro atoms. The van der Waals surface area contributed by atoms with Gasteiger partial charge in [0.1, 0.15) is 10.7 Å². The average Bonchev–Trinajstić information content (AvgIpc) is 2.79. The van der Waals surface area contributed by atoms with Crippen LogP contribution in [0.4, 0.5) is 10.9 Å². The number of piperidine rings is 1. The van der Waals surface area contributed by atoms with E-state index in [2.05, 4.69) is 15.2 Å². The highest BCUT2D eigenvalue weighted by Gasteiger charge is 2.22. The van der Waals surface area contributed by atoms with Gasteiger partial charge in [0.2, 0.25) is 0 Å². The van der Waals surface area contributed by atoms with Crippen LogP contribution in [0.5, 0.6) is 0 Å². The predicted octanol–water partition coefficient (Wildman–Crippen LogP) is 0.793. The fourth-order valence-corrected chi connectivity index (χ4v) is 2.98. The summed E-state index contributed by atoms with van der Waals surface area (Å²) in [5, 5.41) is 3.65. The van der Waals surface area contributed by atoms with Gasteiger partial charge in [-0.2, -0.15) is 0 Å². The lowest BCUT2D eigenvalue weighted by atomic mass is 10.1. The van der Waals surface area contributed by atoms with Gasteiger partial charge in [-0.15, -0.1) is 0 Å². The fourth-order valence-electron chi connectivity index (χ4n) is 2.03. The summed E-state index contributed by atoms with van der Waals surface area (Å²) in [4.78, 5) is 18.9. The van der Waals surface area contributed by atoms with Crippen molar-refractivity contribution in [2.45, 2.75) is 32.2 Å². The summed E-state index contributed by atoms with van der Waals surface area (Å²) in [6.07, 6.45) is 2.81. The molecule has 7 heteroatoms. The summed E-state index contributed by atoms with van der Waals surface area (Å²) in [6.45, 7) is 4.43. The molecule has 1 aromatic heterocycles. The van der Waals surface area contributed by atoms with Crippen LogP contribution in [0.3, 0.4) is 0 Å². The van der Waals surface area contributed by atoms with Gasteiger partial charge >= 0.3 is 0 Å². The third-order valence-corrected chi connectivity index (χ3v) is 4.32. The molecule has 1 aromatic rings. The maximum absolute atomic E-state index is 11.9. The lowest BCUT2D eigenvalue weighted by Crippen LogP contribution is -2.39. The van der Waals surface area contributed by atoms with Crippen LogP contribution in [-0.2, 0) is 0 Å². The second-order valence-corrected chi connectivity index (χ2v) is 5.77. The lowest BCUT2D eigenvalue weighted by molar-refractivity contribution is 0.0958. The minimum absolute atomic E-state index is 0.128. The fraction of sp³-hybridized carbons (Fsp3) is 0.667. The molecule has 0 unspecified atom stereocenters. The van der Waals surface area contributed by atoms with Gasteiger partial charge in [0, 0.05) is 25.7 Å². The molecule has 1 aliphatic heterocycles. The minimum atomic E-state index is -0.128. The first-order chi connectivity index (χ1) is 9.11. The number of amides is 1. The predicted molar refractivity (Wildman–Crippen MR) is 78.6 cm³/mol. The number of nitrogens with zero attached hydrogens (tertiary/aromatic N) is 2. The van der Waals surface area contributed by atoms with Crippen LogP contribution in [0.2, 0.25) is 0 Å². The molecule has 5 N–H and O–H groups in total. The van der Waals surface area contributed by atoms with Crippen molar-refractivity contribution in [2.24, 2.45) is 5.73 Å². The zero-order chi connectivity index (χ0) is 13.8. The van der Waals surface area contributed by atoms with Crippen LogP contribution >= 0.6 is 11.3 Å². The Morgan fingerprint density at radius 2 is 2.21 bits per heavy atom. The molecule has 6 nitrogen and oxygen atoms in total. The number of carbonyl (C=O) groups is 1. The van der Waals surface area contributed by atoms with Gasteiger partial charge in [-0.05, 0) is 19.3 Å². The van der Waals surface area contributed by atoms with E-state index in [1.54, 1.807) is 0 Å². The SMILES string of the molecule is CCCNC(=O)c1sc(N2CCC(N)CC2)nc1N. The van der Waals surface area contributed by atoms with Gasteiger partial charge in [0.25, 0.3) is 5.91 Å². The second kappa shape index (κ2) is 6.21. The molecule has 0 radical (unpaired) electrons. The topological polar surface area (TPSA) is 97.3 Å². The molecule has 106 valence electrons. The molecule has 1 saturated heterocycles. The number of nitrogens with two attached hydrogens (primary N) is 2. The lowest BCUT2D eigenvalue weighted by Gasteiger charge is -2.29. The van der Waals surface area contributed by atoms with Crippen molar-refractivity contribution in [2.75, 3.05) is 30.3 Å². The molecule has 0 aromatic carbocycles. The molecule has 2 rings (SSSR count). The highest BCUT2D eigenvalue weighted by molar-refractivity contribution is 7.18. The molecule has 2 heterocycles. The number of nitrogen functional groups attached to an aromatic ring is 1. The van der Waals surface area contributed by atoms with Crippen LogP contribution in [0.1, 0.15) is 35.9 Å². The molecule has 0 saturated carbocycles. The molecule has 0 atom stereocenters. The van der Waals surface area contributed by atoms with Gasteiger partial charge in [0.05, 0.1) is 0 Å². The quantitative estimate of drug-likeness (QED) is 0.759. The van der Waals surface area contributed by atoms with E-state index in [1.165, 1.54) is 11.3 Å². The number of rotatable bonds is 4. The molecule has 1 fully saturated rings. The first-order valence-corrected chi connectivity index (χ1v) is 7.48. The Morgan fingerprint density at radius 1 is 1.53 bits per heavy atom. The zero-order valence-electron chi connectivity index (χ0n) is 11.2. The van der Waals surface area contributed by atoms with Crippen molar-refractivity contribution in [3.8, 4) is 0 Å². The van der Waals surface area contributed by atoms with E-state index in [-0.39, 0.29) is 11.9 Å². The van der Waals surface area contributed by atoms with Gasteiger partial charge in [-0.1, -0.05) is 18.3 Å². The number of thiazole rings is 1. The number of hydrogen-bond donors (Lipinski definition) is 3. The summed E-state index contributed by atoms with van der Waals surface area (Å²) in [6, 6.07) is 0.279. The van der Waals surface area contributed by atoms with Crippen molar-refractivity contribution in [3.05, 3.63) is 4.88 Å². The van der Waals surface area contributed by atoms with Gasteiger partial charge in [-0.25, -0.2) is 4.98 Å². The Balaban J connectivity index is 2.05. The first kappa shape index (κ1) is 14.1. The van der Waals surface area contributed by atoms with E-state index in [0.29, 0.717) is 17.2 Å². The monoisotopic (exact) mass is 283 g/mol. The largest absolute Gasteiger partial charge is 0.382 e. The normalized spacial score (nSPS) is 16.6. The van der Waals surface area contributed by atoms with Gasteiger partial charge in [-0.3, -0.25) is 4.79 Å². The first-order valence-electron chi connectivity index (χ1n) is 6.66. The summed E-state index contributed by atoms with van der Waals surface area (Å²) in [7, 11) is 0. The van der Waals surface area contributed by atoms with Crippen molar-refractivity contribution in [1.29, 1.82) is 0 Å². The van der Waals surface area contributed by atoms with Crippen molar-refractivity contribution in [3.63, 3.8) is 0 Å². The van der Waals surface area contributed by atoms with Crippen LogP contribution in [-0.4, -0.2) is 36.6 Å². The third kappa shape index (κ3) is 3.36. The van der Waals surface area contributed by atoms with Crippen molar-refractivity contribution < 1.29 is 4.79 Å². The van der Waals surface area contributed by atoms with Crippen LogP contribution in [0.15, 0.2) is 0 Å². The highest BCUT2D eigenvalue weighted by Crippen LogP contribution is 2.29.